The molecule has 0 atom stereocenters. The third-order valence-electron chi connectivity index (χ3n) is 3.94. The minimum Gasteiger partial charge on any atom is -0.403 e. The van der Waals surface area contributed by atoms with Crippen molar-refractivity contribution in [1.29, 1.82) is 0 Å². The lowest BCUT2D eigenvalue weighted by atomic mass is 10.1. The van der Waals surface area contributed by atoms with Crippen LogP contribution in [0.2, 0.25) is 0 Å². The molecule has 0 aliphatic heterocycles. The normalized spacial score (nSPS) is 10.5. The van der Waals surface area contributed by atoms with Crippen LogP contribution in [-0.4, -0.2) is 11.0 Å². The van der Waals surface area contributed by atoms with Gasteiger partial charge in [0.25, 0.3) is 0 Å². The van der Waals surface area contributed by atoms with Crippen molar-refractivity contribution in [3.8, 4) is 11.5 Å². The van der Waals surface area contributed by atoms with Crippen molar-refractivity contribution in [2.75, 3.05) is 5.48 Å². The van der Waals surface area contributed by atoms with Gasteiger partial charge in [-0.05, 0) is 48.5 Å². The van der Waals surface area contributed by atoms with E-state index < -0.39 is 11.6 Å². The van der Waals surface area contributed by atoms with Gasteiger partial charge in [0.2, 0.25) is 5.89 Å². The first-order valence-electron chi connectivity index (χ1n) is 8.23. The maximum atomic E-state index is 12.1. The Morgan fingerprint density at radius 3 is 2.37 bits per heavy atom. The van der Waals surface area contributed by atoms with E-state index in [9.17, 15) is 9.59 Å². The summed E-state index contributed by atoms with van der Waals surface area (Å²) in [5.41, 5.74) is 4.31. The van der Waals surface area contributed by atoms with Crippen LogP contribution < -0.4 is 11.1 Å². The van der Waals surface area contributed by atoms with Crippen LogP contribution in [0, 0.1) is 0 Å². The predicted octanol–water partition coefficient (Wildman–Crippen LogP) is 4.04. The van der Waals surface area contributed by atoms with Crippen molar-refractivity contribution in [3.63, 3.8) is 0 Å². The molecule has 3 aromatic carbocycles. The van der Waals surface area contributed by atoms with E-state index in [1.165, 1.54) is 0 Å². The fraction of sp³-hybridized carbons (Fsp3) is 0. The van der Waals surface area contributed by atoms with Crippen LogP contribution in [-0.2, 0) is 4.84 Å². The lowest BCUT2D eigenvalue weighted by molar-refractivity contribution is 0.0596. The molecule has 0 unspecified atom stereocenters. The number of hydrogen-bond acceptors (Lipinski definition) is 6. The van der Waals surface area contributed by atoms with E-state index in [0.29, 0.717) is 27.7 Å². The Morgan fingerprint density at radius 1 is 0.889 bits per heavy atom. The van der Waals surface area contributed by atoms with E-state index in [1.807, 2.05) is 18.2 Å². The van der Waals surface area contributed by atoms with Crippen LogP contribution in [0.5, 0.6) is 0 Å². The van der Waals surface area contributed by atoms with Crippen LogP contribution >= 0.6 is 0 Å². The number of nitrogens with zero attached hydrogens (tertiary/aromatic N) is 1. The lowest BCUT2D eigenvalue weighted by Gasteiger charge is -2.07. The monoisotopic (exact) mass is 358 g/mol. The summed E-state index contributed by atoms with van der Waals surface area (Å²) < 4.78 is 5.29. The second-order valence-electron chi connectivity index (χ2n) is 5.76. The van der Waals surface area contributed by atoms with Gasteiger partial charge in [-0.2, -0.15) is 0 Å². The highest BCUT2D eigenvalue weighted by atomic mass is 16.7. The molecule has 132 valence electrons. The average Bonchev–Trinajstić information content (AvgIpc) is 2.73. The zero-order valence-electron chi connectivity index (χ0n) is 14.1. The summed E-state index contributed by atoms with van der Waals surface area (Å²) in [6.07, 6.45) is 0. The first-order chi connectivity index (χ1) is 13.2. The molecule has 1 aromatic heterocycles. The molecule has 0 amide bonds. The molecule has 0 aliphatic rings. The topological polar surface area (TPSA) is 81.4 Å². The number of para-hydroxylation sites is 2. The largest absolute Gasteiger partial charge is 0.403 e. The lowest BCUT2D eigenvalue weighted by Crippen LogP contribution is -2.10. The molecule has 1 N–H and O–H groups in total. The Bertz CT molecular complexity index is 1150. The van der Waals surface area contributed by atoms with Crippen molar-refractivity contribution in [2.45, 2.75) is 0 Å². The molecule has 4 aromatic rings. The van der Waals surface area contributed by atoms with Crippen molar-refractivity contribution >= 4 is 22.6 Å². The summed E-state index contributed by atoms with van der Waals surface area (Å²) in [5, 5.41) is 0.424. The van der Waals surface area contributed by atoms with Crippen LogP contribution in [0.25, 0.3) is 22.4 Å². The van der Waals surface area contributed by atoms with Gasteiger partial charge in [-0.1, -0.05) is 30.3 Å². The van der Waals surface area contributed by atoms with Gasteiger partial charge in [0.15, 0.2) is 0 Å². The van der Waals surface area contributed by atoms with E-state index in [0.717, 1.165) is 0 Å². The van der Waals surface area contributed by atoms with E-state index in [4.69, 9.17) is 9.25 Å². The summed E-state index contributed by atoms with van der Waals surface area (Å²) >= 11 is 0. The van der Waals surface area contributed by atoms with Gasteiger partial charge in [0.1, 0.15) is 0 Å². The molecule has 4 rings (SSSR count). The molecule has 0 radical (unpaired) electrons. The molecule has 0 fully saturated rings. The minimum absolute atomic E-state index is 0.195. The highest BCUT2D eigenvalue weighted by Gasteiger charge is 2.11. The second kappa shape index (κ2) is 7.13. The van der Waals surface area contributed by atoms with Crippen molar-refractivity contribution < 1.29 is 14.0 Å². The average molecular weight is 358 g/mol. The summed E-state index contributed by atoms with van der Waals surface area (Å²) in [6, 6.07) is 22.5. The highest BCUT2D eigenvalue weighted by Crippen LogP contribution is 2.19. The maximum Gasteiger partial charge on any atom is 0.362 e. The Kier molecular flexibility index (Phi) is 4.37. The number of fused-ring (bicyclic) bond motifs is 1. The zero-order chi connectivity index (χ0) is 18.6. The third-order valence-corrected chi connectivity index (χ3v) is 3.94. The van der Waals surface area contributed by atoms with Crippen molar-refractivity contribution in [1.82, 2.24) is 4.98 Å². The van der Waals surface area contributed by atoms with E-state index in [1.54, 1.807) is 60.7 Å². The molecule has 0 saturated carbocycles. The Hall–Kier alpha value is -3.93. The van der Waals surface area contributed by atoms with Crippen LogP contribution in [0.3, 0.4) is 0 Å². The molecular weight excluding hydrogens is 344 g/mol. The van der Waals surface area contributed by atoms with Gasteiger partial charge < -0.3 is 9.25 Å². The zero-order valence-corrected chi connectivity index (χ0v) is 14.1. The van der Waals surface area contributed by atoms with Crippen LogP contribution in [0.1, 0.15) is 10.4 Å². The molecule has 0 aliphatic carbocycles. The van der Waals surface area contributed by atoms with Crippen molar-refractivity contribution in [2.24, 2.45) is 0 Å². The molecule has 6 heteroatoms. The van der Waals surface area contributed by atoms with Gasteiger partial charge >= 0.3 is 11.6 Å². The number of benzene rings is 3. The number of rotatable bonds is 4. The third kappa shape index (κ3) is 3.55. The Balaban J connectivity index is 1.53. The fourth-order valence-electron chi connectivity index (χ4n) is 2.56. The minimum atomic E-state index is -0.529. The molecule has 0 saturated heterocycles. The Labute approximate surface area is 154 Å². The molecule has 6 nitrogen and oxygen atoms in total. The summed E-state index contributed by atoms with van der Waals surface area (Å²) in [4.78, 5) is 33.6. The van der Waals surface area contributed by atoms with Crippen LogP contribution in [0.15, 0.2) is 88.1 Å². The van der Waals surface area contributed by atoms with Gasteiger partial charge in [0, 0.05) is 5.56 Å². The second-order valence-corrected chi connectivity index (χ2v) is 5.76. The maximum absolute atomic E-state index is 12.1. The quantitative estimate of drug-likeness (QED) is 0.555. The number of hydrogen-bond donors (Lipinski definition) is 1. The molecule has 1 heterocycles. The van der Waals surface area contributed by atoms with Gasteiger partial charge in [0.05, 0.1) is 22.2 Å². The highest BCUT2D eigenvalue weighted by molar-refractivity contribution is 5.90. The molecule has 0 bridgehead atoms. The summed E-state index contributed by atoms with van der Waals surface area (Å²) in [7, 11) is 0. The molecule has 27 heavy (non-hydrogen) atoms. The van der Waals surface area contributed by atoms with Gasteiger partial charge in [-0.15, -0.1) is 0 Å². The molecular formula is C21H14N2O4. The SMILES string of the molecule is O=C(ONc1ccccc1)c1ccc(-c2nc3ccccc3c(=O)o2)cc1. The number of aromatic nitrogens is 1. The fourth-order valence-corrected chi connectivity index (χ4v) is 2.56. The van der Waals surface area contributed by atoms with Crippen molar-refractivity contribution in [3.05, 3.63) is 94.8 Å². The number of anilines is 1. The van der Waals surface area contributed by atoms with E-state index in [2.05, 4.69) is 10.5 Å². The number of nitrogens with one attached hydrogen (secondary N) is 1. The Morgan fingerprint density at radius 2 is 1.59 bits per heavy atom. The van der Waals surface area contributed by atoms with E-state index in [-0.39, 0.29) is 5.89 Å². The predicted molar refractivity (Wildman–Crippen MR) is 101 cm³/mol. The van der Waals surface area contributed by atoms with Crippen LogP contribution in [0.4, 0.5) is 5.69 Å². The first kappa shape index (κ1) is 16.5. The standard InChI is InChI=1S/C21H14N2O4/c24-20(27-23-16-6-2-1-3-7-16)15-12-10-14(11-13-15)19-22-18-9-5-4-8-17(18)21(25)26-19/h1-13,23H. The van der Waals surface area contributed by atoms with E-state index >= 15 is 0 Å². The van der Waals surface area contributed by atoms with Gasteiger partial charge in [-0.3, -0.25) is 0 Å². The van der Waals surface area contributed by atoms with Gasteiger partial charge in [-0.25, -0.2) is 20.1 Å². The number of carbonyl (C=O) groups excluding carboxylic acids is 1. The summed E-state index contributed by atoms with van der Waals surface area (Å²) in [5.74, 6) is -0.334. The first-order valence-corrected chi connectivity index (χ1v) is 8.23. The number of carbonyl (C=O) groups is 1. The smallest absolute Gasteiger partial charge is 0.362 e. The summed E-state index contributed by atoms with van der Waals surface area (Å²) in [6.45, 7) is 0. The molecule has 0 spiro atoms.